The van der Waals surface area contributed by atoms with Crippen LogP contribution in [0.25, 0.3) is 0 Å². The molecule has 2 amide bonds. The number of carbonyl (C=O) groups is 2. The highest BCUT2D eigenvalue weighted by Gasteiger charge is 2.09. The van der Waals surface area contributed by atoms with Crippen LogP contribution in [0.2, 0.25) is 10.0 Å². The number of rotatable bonds is 10. The van der Waals surface area contributed by atoms with Gasteiger partial charge >= 0.3 is 0 Å². The van der Waals surface area contributed by atoms with Gasteiger partial charge < -0.3 is 20.3 Å². The fourth-order valence-corrected chi connectivity index (χ4v) is 3.07. The molecule has 0 spiro atoms. The third kappa shape index (κ3) is 7.57. The highest BCUT2D eigenvalue weighted by molar-refractivity contribution is 6.35. The molecule has 0 heterocycles. The van der Waals surface area contributed by atoms with E-state index in [1.54, 1.807) is 42.5 Å². The van der Waals surface area contributed by atoms with E-state index in [1.165, 1.54) is 0 Å². The Labute approximate surface area is 181 Å². The third-order valence-electron chi connectivity index (χ3n) is 4.29. The van der Waals surface area contributed by atoms with Crippen LogP contribution in [0.4, 0.5) is 5.69 Å². The SMILES string of the molecule is CCN(CC)CCNC(=O)c1ccc(NC(=O)COc2ccc(Cl)cc2Cl)cc1. The Kier molecular flexibility index (Phi) is 9.25. The molecule has 0 aromatic heterocycles. The lowest BCUT2D eigenvalue weighted by atomic mass is 10.2. The van der Waals surface area contributed by atoms with Gasteiger partial charge in [0, 0.05) is 29.4 Å². The van der Waals surface area contributed by atoms with Crippen LogP contribution in [-0.2, 0) is 4.79 Å². The molecule has 0 aliphatic carbocycles. The average molecular weight is 438 g/mol. The summed E-state index contributed by atoms with van der Waals surface area (Å²) in [5.74, 6) is -0.105. The van der Waals surface area contributed by atoms with Gasteiger partial charge in [-0.1, -0.05) is 37.0 Å². The molecule has 0 fully saturated rings. The predicted octanol–water partition coefficient (Wildman–Crippen LogP) is 4.08. The fourth-order valence-electron chi connectivity index (χ4n) is 2.61. The zero-order chi connectivity index (χ0) is 21.2. The number of nitrogens with one attached hydrogen (secondary N) is 2. The first-order valence-corrected chi connectivity index (χ1v) is 10.2. The van der Waals surface area contributed by atoms with E-state index in [0.29, 0.717) is 33.6 Å². The van der Waals surface area contributed by atoms with Gasteiger partial charge in [0.15, 0.2) is 6.61 Å². The van der Waals surface area contributed by atoms with Crippen LogP contribution >= 0.6 is 23.2 Å². The van der Waals surface area contributed by atoms with Crippen LogP contribution in [0.3, 0.4) is 0 Å². The van der Waals surface area contributed by atoms with Crippen LogP contribution in [0.15, 0.2) is 42.5 Å². The number of hydrogen-bond acceptors (Lipinski definition) is 4. The molecule has 8 heteroatoms. The van der Waals surface area contributed by atoms with Gasteiger partial charge in [-0.3, -0.25) is 9.59 Å². The molecular formula is C21H25Cl2N3O3. The van der Waals surface area contributed by atoms with Crippen LogP contribution < -0.4 is 15.4 Å². The maximum atomic E-state index is 12.2. The molecule has 0 radical (unpaired) electrons. The number of benzene rings is 2. The zero-order valence-corrected chi connectivity index (χ0v) is 18.0. The van der Waals surface area contributed by atoms with Gasteiger partial charge in [-0.15, -0.1) is 0 Å². The van der Waals surface area contributed by atoms with Gasteiger partial charge in [-0.2, -0.15) is 0 Å². The first-order chi connectivity index (χ1) is 13.9. The second-order valence-electron chi connectivity index (χ2n) is 6.27. The lowest BCUT2D eigenvalue weighted by Crippen LogP contribution is -2.34. The summed E-state index contributed by atoms with van der Waals surface area (Å²) in [6.07, 6.45) is 0. The monoisotopic (exact) mass is 437 g/mol. The van der Waals surface area contributed by atoms with Crippen molar-refractivity contribution >= 4 is 40.7 Å². The predicted molar refractivity (Wildman–Crippen MR) is 117 cm³/mol. The summed E-state index contributed by atoms with van der Waals surface area (Å²) < 4.78 is 5.40. The summed E-state index contributed by atoms with van der Waals surface area (Å²) >= 11 is 11.8. The molecule has 2 aromatic carbocycles. The van der Waals surface area contributed by atoms with E-state index >= 15 is 0 Å². The molecule has 2 aromatic rings. The van der Waals surface area contributed by atoms with Crippen molar-refractivity contribution in [2.45, 2.75) is 13.8 Å². The number of ether oxygens (including phenoxy) is 1. The molecule has 0 atom stereocenters. The number of hydrogen-bond donors (Lipinski definition) is 2. The average Bonchev–Trinajstić information content (AvgIpc) is 2.71. The van der Waals surface area contributed by atoms with Crippen molar-refractivity contribution in [3.05, 3.63) is 58.1 Å². The molecule has 0 saturated heterocycles. The van der Waals surface area contributed by atoms with E-state index in [1.807, 2.05) is 0 Å². The van der Waals surface area contributed by atoms with Crippen LogP contribution in [-0.4, -0.2) is 49.5 Å². The molecule has 2 rings (SSSR count). The largest absolute Gasteiger partial charge is 0.482 e. The van der Waals surface area contributed by atoms with Gasteiger partial charge in [0.05, 0.1) is 5.02 Å². The van der Waals surface area contributed by atoms with Crippen molar-refractivity contribution in [2.75, 3.05) is 38.1 Å². The summed E-state index contributed by atoms with van der Waals surface area (Å²) in [7, 11) is 0. The van der Waals surface area contributed by atoms with Crippen molar-refractivity contribution in [3.63, 3.8) is 0 Å². The summed E-state index contributed by atoms with van der Waals surface area (Å²) in [6, 6.07) is 11.5. The summed E-state index contributed by atoms with van der Waals surface area (Å²) in [6.45, 7) is 7.29. The number of nitrogens with zero attached hydrogens (tertiary/aromatic N) is 1. The number of halogens is 2. The molecule has 0 unspecified atom stereocenters. The van der Waals surface area contributed by atoms with Crippen molar-refractivity contribution in [2.24, 2.45) is 0 Å². The third-order valence-corrected chi connectivity index (χ3v) is 4.82. The Morgan fingerprint density at radius 2 is 1.72 bits per heavy atom. The Hall–Kier alpha value is -2.28. The molecule has 156 valence electrons. The Bertz CT molecular complexity index is 824. The molecule has 0 bridgehead atoms. The van der Waals surface area contributed by atoms with Crippen molar-refractivity contribution in [1.82, 2.24) is 10.2 Å². The van der Waals surface area contributed by atoms with Crippen molar-refractivity contribution in [1.29, 1.82) is 0 Å². The zero-order valence-electron chi connectivity index (χ0n) is 16.5. The number of amides is 2. The minimum absolute atomic E-state index is 0.143. The maximum absolute atomic E-state index is 12.2. The minimum Gasteiger partial charge on any atom is -0.482 e. The van der Waals surface area contributed by atoms with Crippen LogP contribution in [0, 0.1) is 0 Å². The second kappa shape index (κ2) is 11.7. The summed E-state index contributed by atoms with van der Waals surface area (Å²) in [5, 5.41) is 6.43. The van der Waals surface area contributed by atoms with Gasteiger partial charge in [0.1, 0.15) is 5.75 Å². The number of anilines is 1. The Balaban J connectivity index is 1.80. The smallest absolute Gasteiger partial charge is 0.262 e. The standard InChI is InChI=1S/C21H25Cl2N3O3/c1-3-26(4-2)12-11-24-21(28)15-5-8-17(9-6-15)25-20(27)14-29-19-10-7-16(22)13-18(19)23/h5-10,13H,3-4,11-12,14H2,1-2H3,(H,24,28)(H,25,27). The van der Waals surface area contributed by atoms with E-state index in [-0.39, 0.29) is 18.4 Å². The first-order valence-electron chi connectivity index (χ1n) is 9.41. The normalized spacial score (nSPS) is 10.7. The van der Waals surface area contributed by atoms with E-state index in [0.717, 1.165) is 19.6 Å². The highest BCUT2D eigenvalue weighted by Crippen LogP contribution is 2.27. The van der Waals surface area contributed by atoms with Crippen LogP contribution in [0.5, 0.6) is 5.75 Å². The Morgan fingerprint density at radius 1 is 1.03 bits per heavy atom. The molecule has 0 saturated carbocycles. The van der Waals surface area contributed by atoms with Gasteiger partial charge in [0.25, 0.3) is 11.8 Å². The van der Waals surface area contributed by atoms with Gasteiger partial charge in [-0.25, -0.2) is 0 Å². The lowest BCUT2D eigenvalue weighted by molar-refractivity contribution is -0.118. The molecule has 6 nitrogen and oxygen atoms in total. The second-order valence-corrected chi connectivity index (χ2v) is 7.12. The summed E-state index contributed by atoms with van der Waals surface area (Å²) in [5.41, 5.74) is 1.10. The molecule has 0 aliphatic heterocycles. The van der Waals surface area contributed by atoms with E-state index in [2.05, 4.69) is 29.4 Å². The topological polar surface area (TPSA) is 70.7 Å². The van der Waals surface area contributed by atoms with Crippen molar-refractivity contribution in [3.8, 4) is 5.75 Å². The van der Waals surface area contributed by atoms with Gasteiger partial charge in [-0.05, 0) is 55.6 Å². The maximum Gasteiger partial charge on any atom is 0.262 e. The first kappa shape index (κ1) is 23.0. The van der Waals surface area contributed by atoms with E-state index in [9.17, 15) is 9.59 Å². The Morgan fingerprint density at radius 3 is 2.34 bits per heavy atom. The fraction of sp³-hybridized carbons (Fsp3) is 0.333. The minimum atomic E-state index is -0.340. The number of carbonyl (C=O) groups excluding carboxylic acids is 2. The van der Waals surface area contributed by atoms with Gasteiger partial charge in [0.2, 0.25) is 0 Å². The molecular weight excluding hydrogens is 413 g/mol. The highest BCUT2D eigenvalue weighted by atomic mass is 35.5. The quantitative estimate of drug-likeness (QED) is 0.587. The lowest BCUT2D eigenvalue weighted by Gasteiger charge is -2.18. The number of likely N-dealkylation sites (N-methyl/N-ethyl adjacent to an activating group) is 1. The van der Waals surface area contributed by atoms with E-state index in [4.69, 9.17) is 27.9 Å². The molecule has 29 heavy (non-hydrogen) atoms. The van der Waals surface area contributed by atoms with Crippen molar-refractivity contribution < 1.29 is 14.3 Å². The van der Waals surface area contributed by atoms with E-state index < -0.39 is 0 Å². The molecule has 0 aliphatic rings. The van der Waals surface area contributed by atoms with Crippen LogP contribution in [0.1, 0.15) is 24.2 Å². The summed E-state index contributed by atoms with van der Waals surface area (Å²) in [4.78, 5) is 26.5. The molecule has 2 N–H and O–H groups in total.